The van der Waals surface area contributed by atoms with Crippen LogP contribution >= 0.6 is 0 Å². The Morgan fingerprint density at radius 2 is 1.80 bits per heavy atom. The van der Waals surface area contributed by atoms with Crippen LogP contribution in [0.3, 0.4) is 0 Å². The zero-order valence-electron chi connectivity index (χ0n) is 5.91. The molecule has 0 unspecified atom stereocenters. The predicted octanol–water partition coefficient (Wildman–Crippen LogP) is 1.55. The van der Waals surface area contributed by atoms with Crippen molar-refractivity contribution in [3.63, 3.8) is 0 Å². The van der Waals surface area contributed by atoms with Gasteiger partial charge in [-0.05, 0) is 19.1 Å². The molecule has 0 aliphatic rings. The van der Waals surface area contributed by atoms with E-state index in [4.69, 9.17) is 4.74 Å². The van der Waals surface area contributed by atoms with Crippen molar-refractivity contribution >= 4 is 0 Å². The summed E-state index contributed by atoms with van der Waals surface area (Å²) in [5.74, 6) is 0.944. The van der Waals surface area contributed by atoms with Gasteiger partial charge in [0.05, 0.1) is 6.61 Å². The first kappa shape index (κ1) is 9.66. The molecule has 0 N–H and O–H groups in total. The van der Waals surface area contributed by atoms with Crippen molar-refractivity contribution in [2.75, 3.05) is 6.61 Å². The minimum absolute atomic E-state index is 0. The Morgan fingerprint density at radius 1 is 1.20 bits per heavy atom. The standard InChI is InChI=1S/C8H10O.Os.2H/c1-2-9-8-6-4-3-5-7-8;;;/h3-7H,2H2,1H3;;;. The van der Waals surface area contributed by atoms with Crippen LogP contribution in [0, 0.1) is 0 Å². The van der Waals surface area contributed by atoms with E-state index in [2.05, 4.69) is 0 Å². The average molecular weight is 314 g/mol. The van der Waals surface area contributed by atoms with Gasteiger partial charge in [-0.1, -0.05) is 18.2 Å². The summed E-state index contributed by atoms with van der Waals surface area (Å²) < 4.78 is 5.21. The maximum absolute atomic E-state index is 5.21. The molecule has 0 saturated carbocycles. The molecule has 1 nitrogen and oxygen atoms in total. The van der Waals surface area contributed by atoms with E-state index < -0.39 is 0 Å². The Bertz CT molecular complexity index is 162. The fourth-order valence-corrected chi connectivity index (χ4v) is 0.683. The molecule has 0 aliphatic heterocycles. The molecule has 1 aromatic carbocycles. The molecule has 0 heterocycles. The quantitative estimate of drug-likeness (QED) is 0.805. The summed E-state index contributed by atoms with van der Waals surface area (Å²) in [7, 11) is 0. The number of rotatable bonds is 2. The van der Waals surface area contributed by atoms with E-state index in [1.807, 2.05) is 37.3 Å². The zero-order valence-corrected chi connectivity index (χ0v) is 8.84. The summed E-state index contributed by atoms with van der Waals surface area (Å²) in [4.78, 5) is 0. The molecule has 0 saturated heterocycles. The summed E-state index contributed by atoms with van der Waals surface area (Å²) >= 11 is 0. The van der Waals surface area contributed by atoms with Crippen LogP contribution in [0.5, 0.6) is 5.75 Å². The third kappa shape index (κ3) is 2.99. The first-order valence-corrected chi connectivity index (χ1v) is 3.11. The molecule has 0 atom stereocenters. The minimum atomic E-state index is 0. The Kier molecular flexibility index (Phi) is 5.25. The number of ether oxygens (including phenoxy) is 1. The van der Waals surface area contributed by atoms with Crippen LogP contribution in [-0.2, 0) is 19.8 Å². The van der Waals surface area contributed by atoms with E-state index in [1.165, 1.54) is 0 Å². The van der Waals surface area contributed by atoms with E-state index >= 15 is 0 Å². The molecular weight excluding hydrogens is 302 g/mol. The molecule has 0 bridgehead atoms. The van der Waals surface area contributed by atoms with Crippen molar-refractivity contribution in [2.45, 2.75) is 6.92 Å². The number of benzene rings is 1. The topological polar surface area (TPSA) is 9.23 Å². The monoisotopic (exact) mass is 316 g/mol. The summed E-state index contributed by atoms with van der Waals surface area (Å²) in [6, 6.07) is 9.80. The number of hydrogen-bond donors (Lipinski definition) is 0. The molecule has 58 valence electrons. The molecule has 0 amide bonds. The summed E-state index contributed by atoms with van der Waals surface area (Å²) in [6.07, 6.45) is 0. The first-order chi connectivity index (χ1) is 4.43. The van der Waals surface area contributed by atoms with Gasteiger partial charge in [0.1, 0.15) is 5.75 Å². The maximum atomic E-state index is 5.21. The van der Waals surface area contributed by atoms with Gasteiger partial charge in [-0.15, -0.1) is 0 Å². The second-order valence-electron chi connectivity index (χ2n) is 1.75. The van der Waals surface area contributed by atoms with E-state index in [1.54, 1.807) is 0 Å². The van der Waals surface area contributed by atoms with Crippen LogP contribution in [-0.4, -0.2) is 6.61 Å². The molecule has 2 heteroatoms. The van der Waals surface area contributed by atoms with Gasteiger partial charge in [0.25, 0.3) is 0 Å². The van der Waals surface area contributed by atoms with Gasteiger partial charge in [-0.3, -0.25) is 0 Å². The van der Waals surface area contributed by atoms with Crippen molar-refractivity contribution in [1.29, 1.82) is 0 Å². The summed E-state index contributed by atoms with van der Waals surface area (Å²) in [6.45, 7) is 2.72. The van der Waals surface area contributed by atoms with E-state index in [0.717, 1.165) is 12.4 Å². The van der Waals surface area contributed by atoms with Crippen molar-refractivity contribution in [3.05, 3.63) is 30.3 Å². The molecule has 10 heavy (non-hydrogen) atoms. The van der Waals surface area contributed by atoms with Gasteiger partial charge in [0.15, 0.2) is 0 Å². The number of hydrogen-bond acceptors (Lipinski definition) is 1. The van der Waals surface area contributed by atoms with Crippen molar-refractivity contribution in [3.8, 4) is 5.75 Å². The van der Waals surface area contributed by atoms with Gasteiger partial charge in [0, 0.05) is 0 Å². The third-order valence-corrected chi connectivity index (χ3v) is 1.05. The molecule has 0 aliphatic carbocycles. The SMILES string of the molecule is CCOc1ccccc1.[OsH2]. The van der Waals surface area contributed by atoms with E-state index in [-0.39, 0.29) is 19.8 Å². The fourth-order valence-electron chi connectivity index (χ4n) is 0.683. The van der Waals surface area contributed by atoms with E-state index in [0.29, 0.717) is 0 Å². The van der Waals surface area contributed by atoms with Crippen LogP contribution < -0.4 is 4.74 Å². The van der Waals surface area contributed by atoms with Gasteiger partial charge < -0.3 is 4.74 Å². The summed E-state index contributed by atoms with van der Waals surface area (Å²) in [5.41, 5.74) is 0. The van der Waals surface area contributed by atoms with Gasteiger partial charge in [0.2, 0.25) is 0 Å². The van der Waals surface area contributed by atoms with Crippen LogP contribution in [0.4, 0.5) is 0 Å². The normalized spacial score (nSPS) is 8.10. The van der Waals surface area contributed by atoms with Crippen LogP contribution in [0.15, 0.2) is 30.3 Å². The van der Waals surface area contributed by atoms with Gasteiger partial charge in [-0.2, -0.15) is 0 Å². The van der Waals surface area contributed by atoms with Crippen LogP contribution in [0.25, 0.3) is 0 Å². The zero-order chi connectivity index (χ0) is 6.53. The first-order valence-electron chi connectivity index (χ1n) is 3.11. The second kappa shape index (κ2) is 5.44. The third-order valence-electron chi connectivity index (χ3n) is 1.05. The fraction of sp³-hybridized carbons (Fsp3) is 0.250. The molecule has 0 spiro atoms. The Labute approximate surface area is 74.5 Å². The molecule has 0 aromatic heterocycles. The summed E-state index contributed by atoms with van der Waals surface area (Å²) in [5, 5.41) is 0. The second-order valence-corrected chi connectivity index (χ2v) is 1.75. The molecular formula is C8H12OOs. The van der Waals surface area contributed by atoms with Crippen LogP contribution in [0.2, 0.25) is 0 Å². The molecule has 0 radical (unpaired) electrons. The van der Waals surface area contributed by atoms with Gasteiger partial charge >= 0.3 is 19.8 Å². The van der Waals surface area contributed by atoms with E-state index in [9.17, 15) is 0 Å². The van der Waals surface area contributed by atoms with Crippen molar-refractivity contribution in [2.24, 2.45) is 0 Å². The Hall–Kier alpha value is -0.344. The Balaban J connectivity index is 0.000000810. The average Bonchev–Trinajstić information content (AvgIpc) is 1.91. The molecule has 0 fully saturated rings. The van der Waals surface area contributed by atoms with Gasteiger partial charge in [-0.25, -0.2) is 0 Å². The predicted molar refractivity (Wildman–Crippen MR) is 40.4 cm³/mol. The number of para-hydroxylation sites is 1. The Morgan fingerprint density at radius 3 is 2.30 bits per heavy atom. The van der Waals surface area contributed by atoms with Crippen molar-refractivity contribution in [1.82, 2.24) is 0 Å². The van der Waals surface area contributed by atoms with Crippen LogP contribution in [0.1, 0.15) is 6.92 Å². The molecule has 1 aromatic rings. The molecule has 1 rings (SSSR count). The van der Waals surface area contributed by atoms with Crippen molar-refractivity contribution < 1.29 is 24.5 Å².